The summed E-state index contributed by atoms with van der Waals surface area (Å²) >= 11 is 0. The van der Waals surface area contributed by atoms with Gasteiger partial charge in [0, 0.05) is 22.2 Å². The second kappa shape index (κ2) is 4.92. The molecule has 0 spiro atoms. The molecule has 1 aliphatic heterocycles. The van der Waals surface area contributed by atoms with E-state index in [2.05, 4.69) is 15.3 Å². The first-order valence-electron chi connectivity index (χ1n) is 7.95. The number of aromatic amines is 1. The van der Waals surface area contributed by atoms with Gasteiger partial charge >= 0.3 is 5.91 Å². The van der Waals surface area contributed by atoms with Crippen molar-refractivity contribution in [2.24, 2.45) is 5.10 Å². The summed E-state index contributed by atoms with van der Waals surface area (Å²) in [6.45, 7) is 0. The quantitative estimate of drug-likeness (QED) is 0.750. The minimum atomic E-state index is -0.343. The summed E-state index contributed by atoms with van der Waals surface area (Å²) in [7, 11) is 0. The maximum atomic E-state index is 12.8. The van der Waals surface area contributed by atoms with Crippen molar-refractivity contribution >= 4 is 22.9 Å². The number of nitrogens with one attached hydrogen (secondary N) is 1. The van der Waals surface area contributed by atoms with Crippen LogP contribution < -0.4 is 4.84 Å². The molecule has 6 heteroatoms. The van der Waals surface area contributed by atoms with Crippen LogP contribution in [0.1, 0.15) is 33.7 Å². The topological polar surface area (TPSA) is 70.6 Å². The van der Waals surface area contributed by atoms with Crippen molar-refractivity contribution in [3.63, 3.8) is 0 Å². The molecule has 2 heterocycles. The van der Waals surface area contributed by atoms with Crippen LogP contribution in [0.5, 0.6) is 5.75 Å². The Morgan fingerprint density at radius 1 is 1.17 bits per heavy atom. The van der Waals surface area contributed by atoms with Gasteiger partial charge in [-0.3, -0.25) is 9.89 Å². The first-order chi connectivity index (χ1) is 11.8. The fraction of sp³-hybridized carbons (Fsp3) is 0.167. The molecular formula is C18H14N4O2. The second-order valence-electron chi connectivity index (χ2n) is 6.00. The van der Waals surface area contributed by atoms with Crippen LogP contribution in [-0.4, -0.2) is 27.5 Å². The van der Waals surface area contributed by atoms with Crippen LogP contribution in [0.15, 0.2) is 41.5 Å². The van der Waals surface area contributed by atoms with Crippen LogP contribution in [-0.2, 0) is 12.8 Å². The SMILES string of the molecule is O=C(c1n[nH]c2c1CCC2)N1N=Cc2ccc3ccccc3c2O1. The van der Waals surface area contributed by atoms with Gasteiger partial charge < -0.3 is 4.84 Å². The number of amides is 1. The zero-order chi connectivity index (χ0) is 16.1. The number of carbonyl (C=O) groups excluding carboxylic acids is 1. The van der Waals surface area contributed by atoms with Crippen molar-refractivity contribution in [1.82, 2.24) is 15.4 Å². The summed E-state index contributed by atoms with van der Waals surface area (Å²) in [4.78, 5) is 18.6. The third-order valence-electron chi connectivity index (χ3n) is 4.57. The van der Waals surface area contributed by atoms with Gasteiger partial charge in [-0.05, 0) is 35.9 Å². The first-order valence-corrected chi connectivity index (χ1v) is 7.95. The molecule has 0 saturated carbocycles. The number of nitrogens with zero attached hydrogens (tertiary/aromatic N) is 3. The first kappa shape index (κ1) is 13.3. The molecule has 0 saturated heterocycles. The number of H-pyrrole nitrogens is 1. The lowest BCUT2D eigenvalue weighted by atomic mass is 10.1. The van der Waals surface area contributed by atoms with Gasteiger partial charge in [0.25, 0.3) is 0 Å². The molecule has 1 N–H and O–H groups in total. The summed E-state index contributed by atoms with van der Waals surface area (Å²) in [5.41, 5.74) is 3.29. The Bertz CT molecular complexity index is 1010. The van der Waals surface area contributed by atoms with E-state index in [-0.39, 0.29) is 5.91 Å². The van der Waals surface area contributed by atoms with Gasteiger partial charge in [0.15, 0.2) is 11.4 Å². The molecule has 2 aromatic carbocycles. The molecule has 1 aliphatic carbocycles. The largest absolute Gasteiger partial charge is 0.353 e. The monoisotopic (exact) mass is 318 g/mol. The number of aromatic nitrogens is 2. The van der Waals surface area contributed by atoms with E-state index in [4.69, 9.17) is 4.84 Å². The number of hydroxylamine groups is 1. The fourth-order valence-electron chi connectivity index (χ4n) is 3.37. The zero-order valence-corrected chi connectivity index (χ0v) is 12.8. The zero-order valence-electron chi connectivity index (χ0n) is 12.8. The third-order valence-corrected chi connectivity index (χ3v) is 4.57. The van der Waals surface area contributed by atoms with E-state index >= 15 is 0 Å². The average molecular weight is 318 g/mol. The van der Waals surface area contributed by atoms with Crippen molar-refractivity contribution in [2.75, 3.05) is 0 Å². The highest BCUT2D eigenvalue weighted by Gasteiger charge is 2.30. The van der Waals surface area contributed by atoms with Crippen LogP contribution >= 0.6 is 0 Å². The third kappa shape index (κ3) is 1.86. The molecule has 2 aliphatic rings. The maximum absolute atomic E-state index is 12.8. The van der Waals surface area contributed by atoms with Crippen molar-refractivity contribution in [3.8, 4) is 5.75 Å². The minimum Gasteiger partial charge on any atom is -0.353 e. The number of rotatable bonds is 1. The number of carbonyl (C=O) groups is 1. The Morgan fingerprint density at radius 3 is 3.04 bits per heavy atom. The summed E-state index contributed by atoms with van der Waals surface area (Å²) in [6, 6.07) is 11.9. The molecule has 0 radical (unpaired) electrons. The highest BCUT2D eigenvalue weighted by Crippen LogP contribution is 2.32. The Kier molecular flexibility index (Phi) is 2.73. The van der Waals surface area contributed by atoms with Crippen LogP contribution in [0.3, 0.4) is 0 Å². The molecule has 1 amide bonds. The van der Waals surface area contributed by atoms with E-state index in [0.29, 0.717) is 11.4 Å². The van der Waals surface area contributed by atoms with Crippen molar-refractivity contribution < 1.29 is 9.63 Å². The highest BCUT2D eigenvalue weighted by molar-refractivity contribution is 6.00. The summed E-state index contributed by atoms with van der Waals surface area (Å²) < 4.78 is 0. The molecular weight excluding hydrogens is 304 g/mol. The van der Waals surface area contributed by atoms with Gasteiger partial charge in [-0.2, -0.15) is 5.10 Å². The lowest BCUT2D eigenvalue weighted by Gasteiger charge is -2.22. The molecule has 0 unspecified atom stereocenters. The molecule has 118 valence electrons. The Labute approximate surface area is 137 Å². The summed E-state index contributed by atoms with van der Waals surface area (Å²) in [5.74, 6) is 0.299. The fourth-order valence-corrected chi connectivity index (χ4v) is 3.37. The Hall–Kier alpha value is -3.15. The van der Waals surface area contributed by atoms with Gasteiger partial charge in [-0.1, -0.05) is 30.3 Å². The predicted molar refractivity (Wildman–Crippen MR) is 89.0 cm³/mol. The number of hydrogen-bond donors (Lipinski definition) is 1. The highest BCUT2D eigenvalue weighted by atomic mass is 16.7. The number of hydrazone groups is 1. The Morgan fingerprint density at radius 2 is 2.08 bits per heavy atom. The van der Waals surface area contributed by atoms with Gasteiger partial charge in [-0.25, -0.2) is 0 Å². The summed E-state index contributed by atoms with van der Waals surface area (Å²) in [5, 5.41) is 14.3. The van der Waals surface area contributed by atoms with Crippen LogP contribution in [0.25, 0.3) is 10.8 Å². The molecule has 3 aromatic rings. The lowest BCUT2D eigenvalue weighted by Crippen LogP contribution is -2.33. The van der Waals surface area contributed by atoms with Crippen molar-refractivity contribution in [2.45, 2.75) is 19.3 Å². The summed E-state index contributed by atoms with van der Waals surface area (Å²) in [6.07, 6.45) is 4.49. The van der Waals surface area contributed by atoms with E-state index in [1.807, 2.05) is 36.4 Å². The minimum absolute atomic E-state index is 0.343. The predicted octanol–water partition coefficient (Wildman–Crippen LogP) is 2.84. The standard InChI is InChI=1S/C18H14N4O2/c23-18(16-14-6-3-7-15(14)20-21-16)22-19-10-12-9-8-11-4-1-2-5-13(11)17(12)24-22/h1-2,4-5,8-10H,3,6-7H2,(H,20,21). The Balaban J connectivity index is 1.54. The molecule has 0 fully saturated rings. The van der Waals surface area contributed by atoms with Gasteiger partial charge in [0.2, 0.25) is 0 Å². The smallest absolute Gasteiger partial charge is 0.331 e. The van der Waals surface area contributed by atoms with Gasteiger partial charge in [0.05, 0.1) is 6.21 Å². The van der Waals surface area contributed by atoms with E-state index in [0.717, 1.165) is 52.0 Å². The molecule has 5 rings (SSSR count). The van der Waals surface area contributed by atoms with Crippen molar-refractivity contribution in [3.05, 3.63) is 58.9 Å². The van der Waals surface area contributed by atoms with E-state index in [1.165, 1.54) is 0 Å². The van der Waals surface area contributed by atoms with E-state index < -0.39 is 0 Å². The molecule has 1 aromatic heterocycles. The normalized spacial score (nSPS) is 15.2. The number of benzene rings is 2. The maximum Gasteiger partial charge on any atom is 0.331 e. The van der Waals surface area contributed by atoms with E-state index in [1.54, 1.807) is 6.21 Å². The number of hydrogen-bond acceptors (Lipinski definition) is 4. The van der Waals surface area contributed by atoms with Crippen LogP contribution in [0, 0.1) is 0 Å². The van der Waals surface area contributed by atoms with Crippen LogP contribution in [0.4, 0.5) is 0 Å². The van der Waals surface area contributed by atoms with Gasteiger partial charge in [-0.15, -0.1) is 5.10 Å². The molecule has 6 nitrogen and oxygen atoms in total. The molecule has 24 heavy (non-hydrogen) atoms. The second-order valence-corrected chi connectivity index (χ2v) is 6.00. The number of aryl methyl sites for hydroxylation is 1. The molecule has 0 atom stereocenters. The van der Waals surface area contributed by atoms with E-state index in [9.17, 15) is 4.79 Å². The lowest BCUT2D eigenvalue weighted by molar-refractivity contribution is -0.0332. The average Bonchev–Trinajstić information content (AvgIpc) is 3.24. The molecule has 0 bridgehead atoms. The van der Waals surface area contributed by atoms with Crippen LogP contribution in [0.2, 0.25) is 0 Å². The van der Waals surface area contributed by atoms with Crippen molar-refractivity contribution in [1.29, 1.82) is 0 Å². The number of fused-ring (bicyclic) bond motifs is 4. The van der Waals surface area contributed by atoms with Gasteiger partial charge in [0.1, 0.15) is 0 Å².